The second-order valence-corrected chi connectivity index (χ2v) is 31.0. The van der Waals surface area contributed by atoms with Gasteiger partial charge in [-0.05, 0) is 211 Å². The molecule has 526 valence electrons. The normalized spacial score (nSPS) is 12.4. The first-order chi connectivity index (χ1) is 55.2. The van der Waals surface area contributed by atoms with Crippen LogP contribution in [0.25, 0.3) is 155 Å². The topological polar surface area (TPSA) is 19.6 Å². The van der Waals surface area contributed by atoms with Crippen LogP contribution < -0.4 is 26.2 Å². The molecule has 0 atom stereocenters. The van der Waals surface area contributed by atoms with E-state index in [0.29, 0.717) is 0 Å². The Morgan fingerprint density at radius 1 is 0.223 bits per heavy atom. The van der Waals surface area contributed by atoms with E-state index in [2.05, 4.69) is 431 Å². The zero-order valence-electron chi connectivity index (χ0n) is 62.5. The Hall–Kier alpha value is -14.1. The molecule has 112 heavy (non-hydrogen) atoms. The lowest BCUT2D eigenvalue weighted by Crippen LogP contribution is -2.61. The first-order valence-corrected chi connectivity index (χ1v) is 39.0. The highest BCUT2D eigenvalue weighted by Crippen LogP contribution is 2.56. The van der Waals surface area contributed by atoms with Gasteiger partial charge in [-0.1, -0.05) is 348 Å². The highest BCUT2D eigenvalue weighted by Gasteiger charge is 2.46. The summed E-state index contributed by atoms with van der Waals surface area (Å²) in [4.78, 5) is 5.41. The number of anilines is 6. The Bertz CT molecular complexity index is 6750. The summed E-state index contributed by atoms with van der Waals surface area (Å²) in [5, 5.41) is 7.05. The minimum absolute atomic E-state index is 0.294. The van der Waals surface area contributed by atoms with Gasteiger partial charge >= 0.3 is 0 Å². The Kier molecular flexibility index (Phi) is 15.9. The fourth-order valence-corrected chi connectivity index (χ4v) is 18.1. The highest BCUT2D eigenvalue weighted by atomic mass is 16.3. The second kappa shape index (κ2) is 27.0. The van der Waals surface area contributed by atoms with Gasteiger partial charge in [-0.25, -0.2) is 0 Å². The summed E-state index contributed by atoms with van der Waals surface area (Å²) in [6, 6.07) is 150. The molecule has 21 rings (SSSR count). The van der Waals surface area contributed by atoms with E-state index in [0.717, 1.165) is 145 Å². The van der Waals surface area contributed by atoms with E-state index in [1.165, 1.54) is 65.8 Å². The summed E-state index contributed by atoms with van der Waals surface area (Å²) in [5.41, 5.74) is 35.8. The number of hydrogen-bond donors (Lipinski definition) is 0. The molecule has 1 aromatic heterocycles. The van der Waals surface area contributed by atoms with Crippen molar-refractivity contribution >= 4 is 101 Å². The van der Waals surface area contributed by atoms with Gasteiger partial charge in [0.05, 0.1) is 11.4 Å². The van der Waals surface area contributed by atoms with E-state index in [1.807, 2.05) is 0 Å². The van der Waals surface area contributed by atoms with Crippen LogP contribution in [0, 0.1) is 0 Å². The SMILES string of the molecule is CC(C)(C)c1cc2c3c(c1)N(c1c(-c4ccccc4)cc(-c4ccccc4)cc1-c1ccccc1)c1cc(-c4ccc5c(-c6ccccc6)c6ccccc6c(-c6ccccc6)c5c4)ccc1B3c1cc(-c3ccc4oc5ccccc5c4c3)ccc1N2c1c(-c2ccccc2)cc(-c2ccccc2)cc1-c1ccccc1. The van der Waals surface area contributed by atoms with Gasteiger partial charge in [0.1, 0.15) is 11.2 Å². The van der Waals surface area contributed by atoms with Crippen molar-refractivity contribution in [3.8, 4) is 111 Å². The van der Waals surface area contributed by atoms with Gasteiger partial charge in [-0.2, -0.15) is 0 Å². The lowest BCUT2D eigenvalue weighted by molar-refractivity contribution is 0.590. The molecule has 0 saturated heterocycles. The summed E-state index contributed by atoms with van der Waals surface area (Å²) < 4.78 is 6.56. The molecule has 0 fully saturated rings. The molecule has 4 heteroatoms. The molecule has 2 aliphatic rings. The number of benzene rings is 18. The molecule has 3 heterocycles. The number of rotatable bonds is 12. The molecular formula is C108H75BN2O. The average molecular weight is 1430 g/mol. The van der Waals surface area contributed by atoms with Crippen molar-refractivity contribution < 1.29 is 4.42 Å². The van der Waals surface area contributed by atoms with Crippen molar-refractivity contribution in [2.45, 2.75) is 26.2 Å². The van der Waals surface area contributed by atoms with Gasteiger partial charge < -0.3 is 14.2 Å². The van der Waals surface area contributed by atoms with Crippen LogP contribution in [-0.4, -0.2) is 6.71 Å². The van der Waals surface area contributed by atoms with Crippen LogP contribution in [0.2, 0.25) is 0 Å². The maximum atomic E-state index is 6.56. The van der Waals surface area contributed by atoms with Crippen LogP contribution in [0.4, 0.5) is 34.1 Å². The Morgan fingerprint density at radius 3 is 1.04 bits per heavy atom. The van der Waals surface area contributed by atoms with Gasteiger partial charge in [0.2, 0.25) is 0 Å². The van der Waals surface area contributed by atoms with Crippen molar-refractivity contribution in [2.24, 2.45) is 0 Å². The van der Waals surface area contributed by atoms with Crippen molar-refractivity contribution in [3.63, 3.8) is 0 Å². The first kappa shape index (κ1) is 66.2. The highest BCUT2D eigenvalue weighted by molar-refractivity contribution is 7.00. The maximum absolute atomic E-state index is 6.56. The molecule has 0 unspecified atom stereocenters. The van der Waals surface area contributed by atoms with Crippen LogP contribution in [-0.2, 0) is 5.41 Å². The molecule has 0 saturated carbocycles. The van der Waals surface area contributed by atoms with Crippen molar-refractivity contribution in [1.29, 1.82) is 0 Å². The van der Waals surface area contributed by atoms with Crippen LogP contribution in [0.3, 0.4) is 0 Å². The van der Waals surface area contributed by atoms with Gasteiger partial charge in [-0.15, -0.1) is 0 Å². The van der Waals surface area contributed by atoms with E-state index in [-0.39, 0.29) is 12.1 Å². The van der Waals surface area contributed by atoms with E-state index in [4.69, 9.17) is 4.42 Å². The summed E-state index contributed by atoms with van der Waals surface area (Å²) in [6.07, 6.45) is 0. The second-order valence-electron chi connectivity index (χ2n) is 31.0. The third-order valence-corrected chi connectivity index (χ3v) is 23.3. The third-order valence-electron chi connectivity index (χ3n) is 23.3. The number of nitrogens with zero attached hydrogens (tertiary/aromatic N) is 2. The fraction of sp³-hybridized carbons (Fsp3) is 0.0370. The lowest BCUT2D eigenvalue weighted by atomic mass is 9.33. The van der Waals surface area contributed by atoms with Crippen LogP contribution in [0.15, 0.2) is 405 Å². The Balaban J connectivity index is 0.916. The van der Waals surface area contributed by atoms with Crippen molar-refractivity contribution in [2.75, 3.05) is 9.80 Å². The fourth-order valence-electron chi connectivity index (χ4n) is 18.1. The molecular weight excluding hydrogens is 1350 g/mol. The Labute approximate surface area is 654 Å². The minimum Gasteiger partial charge on any atom is -0.456 e. The molecule has 19 aromatic rings. The van der Waals surface area contributed by atoms with E-state index in [1.54, 1.807) is 0 Å². The van der Waals surface area contributed by atoms with Crippen molar-refractivity contribution in [1.82, 2.24) is 0 Å². The smallest absolute Gasteiger partial charge is 0.252 e. The summed E-state index contributed by atoms with van der Waals surface area (Å²) in [5.74, 6) is 0. The zero-order chi connectivity index (χ0) is 74.5. The first-order valence-electron chi connectivity index (χ1n) is 39.0. The molecule has 2 aliphatic heterocycles. The molecule has 0 radical (unpaired) electrons. The minimum atomic E-state index is -0.353. The largest absolute Gasteiger partial charge is 0.456 e. The maximum Gasteiger partial charge on any atom is 0.252 e. The molecule has 0 N–H and O–H groups in total. The molecule has 0 spiro atoms. The number of furan rings is 1. The van der Waals surface area contributed by atoms with Gasteiger partial charge in [0.15, 0.2) is 0 Å². The van der Waals surface area contributed by atoms with Gasteiger partial charge in [-0.3, -0.25) is 0 Å². The predicted molar refractivity (Wildman–Crippen MR) is 476 cm³/mol. The Morgan fingerprint density at radius 2 is 0.571 bits per heavy atom. The van der Waals surface area contributed by atoms with E-state index < -0.39 is 0 Å². The average Bonchev–Trinajstić information content (AvgIpc) is 0.701. The van der Waals surface area contributed by atoms with Gasteiger partial charge in [0, 0.05) is 55.8 Å². The van der Waals surface area contributed by atoms with Crippen LogP contribution in [0.5, 0.6) is 0 Å². The molecule has 3 nitrogen and oxygen atoms in total. The van der Waals surface area contributed by atoms with Crippen molar-refractivity contribution in [3.05, 3.63) is 406 Å². The summed E-state index contributed by atoms with van der Waals surface area (Å²) in [6.45, 7) is 6.87. The molecule has 18 aromatic carbocycles. The summed E-state index contributed by atoms with van der Waals surface area (Å²) in [7, 11) is 0. The van der Waals surface area contributed by atoms with Crippen LogP contribution in [0.1, 0.15) is 26.3 Å². The zero-order valence-corrected chi connectivity index (χ0v) is 62.5. The van der Waals surface area contributed by atoms with Crippen LogP contribution >= 0.6 is 0 Å². The molecule has 0 aliphatic carbocycles. The standard InChI is InChI=1S/C108H75BN2O/c1-108(2,3)84-68-99-105-100(69-84)111(107-91(74-40-20-8-21-41-74)64-83(71-34-14-5-15-35-71)65-92(107)75-42-22-9-23-43-75)98-67-81(78-52-56-88-94(61-78)104(77-46-26-11-27-47-77)87-50-29-28-49-86(87)103(88)76-44-24-10-25-45-76)53-57-95(98)109(105)96-66-80(79-55-59-102-93(60-79)85-48-30-31-51-101(85)112-102)54-58-97(96)110(99)106-89(72-36-16-6-17-37-72)62-82(70-32-12-4-13-33-70)63-90(106)73-38-18-7-19-39-73/h4-69H,1-3H3. The molecule has 0 bridgehead atoms. The number of para-hydroxylation sites is 1. The quantitative estimate of drug-likeness (QED) is 0.0898. The monoisotopic (exact) mass is 1430 g/mol. The number of hydrogen-bond acceptors (Lipinski definition) is 3. The predicted octanol–water partition coefficient (Wildman–Crippen LogP) is 27.9. The lowest BCUT2D eigenvalue weighted by Gasteiger charge is -2.46. The summed E-state index contributed by atoms with van der Waals surface area (Å²) >= 11 is 0. The molecule has 0 amide bonds. The van der Waals surface area contributed by atoms with Gasteiger partial charge in [0.25, 0.3) is 6.71 Å². The van der Waals surface area contributed by atoms with E-state index in [9.17, 15) is 0 Å². The van der Waals surface area contributed by atoms with E-state index >= 15 is 0 Å². The number of fused-ring (bicyclic) bond motifs is 9. The third kappa shape index (κ3) is 11.2.